The molecule has 0 radical (unpaired) electrons. The molecule has 54 heavy (non-hydrogen) atoms. The first-order chi connectivity index (χ1) is 26.5. The number of rotatable bonds is 27. The summed E-state index contributed by atoms with van der Waals surface area (Å²) in [4.78, 5) is 12.5. The van der Waals surface area contributed by atoms with Gasteiger partial charge in [0, 0.05) is 20.1 Å². The number of ether oxygens (including phenoxy) is 5. The van der Waals surface area contributed by atoms with E-state index in [2.05, 4.69) is 12.2 Å². The largest absolute Gasteiger partial charge is 0.497 e. The van der Waals surface area contributed by atoms with Gasteiger partial charge in [0.15, 0.2) is 0 Å². The molecular formula is C46H67NO7. The summed E-state index contributed by atoms with van der Waals surface area (Å²) >= 11 is 0. The molecule has 1 aliphatic rings. The minimum Gasteiger partial charge on any atom is -0.497 e. The molecule has 0 bridgehead atoms. The Morgan fingerprint density at radius 1 is 0.667 bits per heavy atom. The number of methoxy groups -OCH3 is 3. The minimum absolute atomic E-state index is 0.106. The van der Waals surface area contributed by atoms with Gasteiger partial charge in [-0.1, -0.05) is 139 Å². The summed E-state index contributed by atoms with van der Waals surface area (Å²) in [6, 6.07) is 25.8. The van der Waals surface area contributed by atoms with Gasteiger partial charge in [0.05, 0.1) is 26.9 Å². The van der Waals surface area contributed by atoms with Gasteiger partial charge in [0.2, 0.25) is 5.91 Å². The second-order valence-electron chi connectivity index (χ2n) is 14.7. The molecule has 298 valence electrons. The molecule has 3 aromatic rings. The van der Waals surface area contributed by atoms with Crippen molar-refractivity contribution in [3.8, 4) is 11.5 Å². The number of nitrogens with one attached hydrogen (secondary N) is 1. The van der Waals surface area contributed by atoms with Crippen LogP contribution in [0.25, 0.3) is 0 Å². The van der Waals surface area contributed by atoms with Gasteiger partial charge < -0.3 is 34.1 Å². The second kappa shape index (κ2) is 24.2. The molecule has 1 saturated heterocycles. The Labute approximate surface area is 325 Å². The van der Waals surface area contributed by atoms with Crippen molar-refractivity contribution in [1.82, 2.24) is 5.32 Å². The van der Waals surface area contributed by atoms with Crippen molar-refractivity contribution in [2.75, 3.05) is 34.5 Å². The van der Waals surface area contributed by atoms with Crippen LogP contribution in [0.3, 0.4) is 0 Å². The van der Waals surface area contributed by atoms with Crippen molar-refractivity contribution in [3.63, 3.8) is 0 Å². The first-order valence-electron chi connectivity index (χ1n) is 20.6. The van der Waals surface area contributed by atoms with E-state index in [1.807, 2.05) is 78.9 Å². The third kappa shape index (κ3) is 12.8. The SMILES string of the molecule is CCCCCCCCCCCCCCCC(=O)NCCC[C@@H]1O[C@H](COC(c2ccccc2)(c2ccc(OC)cc2)c2ccc(OC)cc2)[C@@H](O)[C@H]1OC. The van der Waals surface area contributed by atoms with Crippen LogP contribution >= 0.6 is 0 Å². The average molecular weight is 746 g/mol. The van der Waals surface area contributed by atoms with E-state index in [1.54, 1.807) is 21.3 Å². The zero-order valence-electron chi connectivity index (χ0n) is 33.4. The maximum atomic E-state index is 12.5. The molecule has 8 heteroatoms. The molecule has 4 rings (SSSR count). The first-order valence-corrected chi connectivity index (χ1v) is 20.6. The predicted octanol–water partition coefficient (Wildman–Crippen LogP) is 9.53. The van der Waals surface area contributed by atoms with Crippen molar-refractivity contribution >= 4 is 5.91 Å². The third-order valence-corrected chi connectivity index (χ3v) is 10.8. The van der Waals surface area contributed by atoms with E-state index in [-0.39, 0.29) is 18.6 Å². The van der Waals surface area contributed by atoms with Crippen LogP contribution in [0.5, 0.6) is 11.5 Å². The highest BCUT2D eigenvalue weighted by Gasteiger charge is 2.46. The quantitative estimate of drug-likeness (QED) is 0.0593. The number of aliphatic hydroxyl groups is 1. The van der Waals surface area contributed by atoms with E-state index in [9.17, 15) is 9.90 Å². The van der Waals surface area contributed by atoms with E-state index in [0.717, 1.165) is 47.5 Å². The van der Waals surface area contributed by atoms with Crippen molar-refractivity contribution in [2.45, 2.75) is 140 Å². The zero-order chi connectivity index (χ0) is 38.4. The Bertz CT molecular complexity index is 1380. The van der Waals surface area contributed by atoms with Gasteiger partial charge in [0.1, 0.15) is 35.4 Å². The Kier molecular flexibility index (Phi) is 19.4. The van der Waals surface area contributed by atoms with Gasteiger partial charge in [-0.2, -0.15) is 0 Å². The van der Waals surface area contributed by atoms with Crippen LogP contribution in [0.1, 0.15) is 126 Å². The highest BCUT2D eigenvalue weighted by molar-refractivity contribution is 5.75. The Balaban J connectivity index is 1.26. The van der Waals surface area contributed by atoms with Crippen LogP contribution in [-0.4, -0.2) is 69.9 Å². The van der Waals surface area contributed by atoms with Gasteiger partial charge in [0.25, 0.3) is 0 Å². The van der Waals surface area contributed by atoms with Crippen molar-refractivity contribution in [3.05, 3.63) is 95.6 Å². The minimum atomic E-state index is -1.03. The number of unbranched alkanes of at least 4 members (excludes halogenated alkanes) is 12. The molecule has 0 aromatic heterocycles. The van der Waals surface area contributed by atoms with E-state index in [1.165, 1.54) is 70.6 Å². The van der Waals surface area contributed by atoms with Crippen LogP contribution < -0.4 is 14.8 Å². The van der Waals surface area contributed by atoms with E-state index < -0.39 is 23.9 Å². The fraction of sp³-hybridized carbons (Fsp3) is 0.587. The summed E-state index contributed by atoms with van der Waals surface area (Å²) < 4.78 is 30.2. The maximum Gasteiger partial charge on any atom is 0.219 e. The molecule has 1 fully saturated rings. The lowest BCUT2D eigenvalue weighted by Gasteiger charge is -2.37. The van der Waals surface area contributed by atoms with Crippen LogP contribution in [0.2, 0.25) is 0 Å². The highest BCUT2D eigenvalue weighted by Crippen LogP contribution is 2.42. The van der Waals surface area contributed by atoms with Gasteiger partial charge in [-0.15, -0.1) is 0 Å². The lowest BCUT2D eigenvalue weighted by Crippen LogP contribution is -2.40. The Hall–Kier alpha value is -3.43. The summed E-state index contributed by atoms with van der Waals surface area (Å²) in [6.07, 6.45) is 16.4. The molecule has 1 amide bonds. The predicted molar refractivity (Wildman–Crippen MR) is 216 cm³/mol. The number of amides is 1. The molecule has 0 spiro atoms. The van der Waals surface area contributed by atoms with Crippen molar-refractivity contribution in [2.24, 2.45) is 0 Å². The summed E-state index contributed by atoms with van der Waals surface area (Å²) in [5, 5.41) is 14.5. The molecule has 3 aromatic carbocycles. The molecule has 8 nitrogen and oxygen atoms in total. The van der Waals surface area contributed by atoms with Gasteiger partial charge in [-0.25, -0.2) is 0 Å². The fourth-order valence-electron chi connectivity index (χ4n) is 7.68. The topological polar surface area (TPSA) is 95.5 Å². The van der Waals surface area contributed by atoms with Crippen LogP contribution in [0.15, 0.2) is 78.9 Å². The lowest BCUT2D eigenvalue weighted by molar-refractivity contribution is -0.121. The number of hydrogen-bond acceptors (Lipinski definition) is 7. The lowest BCUT2D eigenvalue weighted by atomic mass is 9.80. The summed E-state index contributed by atoms with van der Waals surface area (Å²) in [6.45, 7) is 2.95. The van der Waals surface area contributed by atoms with Crippen LogP contribution in [0, 0.1) is 0 Å². The fourth-order valence-corrected chi connectivity index (χ4v) is 7.68. The Morgan fingerprint density at radius 3 is 1.67 bits per heavy atom. The number of carbonyl (C=O) groups excluding carboxylic acids is 1. The molecular weight excluding hydrogens is 679 g/mol. The zero-order valence-corrected chi connectivity index (χ0v) is 33.4. The molecule has 2 N–H and O–H groups in total. The van der Waals surface area contributed by atoms with E-state index >= 15 is 0 Å². The highest BCUT2D eigenvalue weighted by atomic mass is 16.6. The molecule has 4 atom stereocenters. The monoisotopic (exact) mass is 745 g/mol. The van der Waals surface area contributed by atoms with Crippen molar-refractivity contribution in [1.29, 1.82) is 0 Å². The number of benzene rings is 3. The summed E-state index contributed by atoms with van der Waals surface area (Å²) in [5.74, 6) is 1.59. The number of hydrogen-bond donors (Lipinski definition) is 2. The maximum absolute atomic E-state index is 12.5. The smallest absolute Gasteiger partial charge is 0.219 e. The van der Waals surface area contributed by atoms with Gasteiger partial charge >= 0.3 is 0 Å². The summed E-state index contributed by atoms with van der Waals surface area (Å²) in [7, 11) is 4.90. The third-order valence-electron chi connectivity index (χ3n) is 10.8. The molecule has 1 aliphatic heterocycles. The summed E-state index contributed by atoms with van der Waals surface area (Å²) in [5.41, 5.74) is 1.71. The molecule has 0 unspecified atom stereocenters. The number of aliphatic hydroxyl groups excluding tert-OH is 1. The van der Waals surface area contributed by atoms with Gasteiger partial charge in [-0.3, -0.25) is 4.79 Å². The second-order valence-corrected chi connectivity index (χ2v) is 14.7. The van der Waals surface area contributed by atoms with E-state index in [0.29, 0.717) is 19.4 Å². The Morgan fingerprint density at radius 2 is 1.17 bits per heavy atom. The average Bonchev–Trinajstić information content (AvgIpc) is 3.52. The first kappa shape index (κ1) is 43.3. The van der Waals surface area contributed by atoms with Crippen LogP contribution in [0.4, 0.5) is 0 Å². The number of carbonyl (C=O) groups is 1. The van der Waals surface area contributed by atoms with Crippen LogP contribution in [-0.2, 0) is 24.6 Å². The molecule has 0 aliphatic carbocycles. The van der Waals surface area contributed by atoms with E-state index in [4.69, 9.17) is 23.7 Å². The molecule has 0 saturated carbocycles. The normalized spacial score (nSPS) is 18.5. The molecule has 1 heterocycles. The van der Waals surface area contributed by atoms with Gasteiger partial charge in [-0.05, 0) is 60.2 Å². The standard InChI is InChI=1S/C46H67NO7/c1-5-6-7-8-9-10-11-12-13-14-15-16-20-25-43(48)47-34-21-24-41-45(52-4)44(49)42(54-41)35-53-46(36-22-18-17-19-23-36,37-26-30-39(50-2)31-27-37)38-28-32-40(51-3)33-29-38/h17-19,22-23,26-33,41-42,44-45,49H,5-16,20-21,24-25,34-35H2,1-4H3,(H,47,48)/t41-,42+,44+,45-/m0/s1. The van der Waals surface area contributed by atoms with Crippen molar-refractivity contribution < 1.29 is 33.6 Å².